The largest absolute Gasteiger partial charge is 0.360 e. The molecule has 0 spiro atoms. The molecular formula is C17H20FN3O3. The van der Waals surface area contributed by atoms with Crippen LogP contribution in [0, 0.1) is 18.7 Å². The molecule has 128 valence electrons. The molecule has 0 aliphatic rings. The highest BCUT2D eigenvalue weighted by Crippen LogP contribution is 2.12. The van der Waals surface area contributed by atoms with E-state index in [1.54, 1.807) is 13.0 Å². The molecule has 0 unspecified atom stereocenters. The van der Waals surface area contributed by atoms with Gasteiger partial charge in [-0.2, -0.15) is 0 Å². The number of rotatable bonds is 6. The van der Waals surface area contributed by atoms with Gasteiger partial charge in [-0.1, -0.05) is 19.0 Å². The summed E-state index contributed by atoms with van der Waals surface area (Å²) < 4.78 is 17.8. The number of amides is 2. The fraction of sp³-hybridized carbons (Fsp3) is 0.353. The molecule has 2 amide bonds. The second-order valence-electron chi connectivity index (χ2n) is 5.97. The van der Waals surface area contributed by atoms with E-state index in [1.807, 2.05) is 13.8 Å². The van der Waals surface area contributed by atoms with Crippen molar-refractivity contribution in [1.82, 2.24) is 10.5 Å². The molecular weight excluding hydrogens is 313 g/mol. The van der Waals surface area contributed by atoms with E-state index in [0.29, 0.717) is 18.0 Å². The zero-order valence-electron chi connectivity index (χ0n) is 13.8. The van der Waals surface area contributed by atoms with Crippen molar-refractivity contribution in [1.29, 1.82) is 0 Å². The van der Waals surface area contributed by atoms with E-state index in [1.165, 1.54) is 24.3 Å². The average Bonchev–Trinajstić information content (AvgIpc) is 2.91. The summed E-state index contributed by atoms with van der Waals surface area (Å²) in [7, 11) is 0. The second-order valence-corrected chi connectivity index (χ2v) is 5.97. The Hall–Kier alpha value is -2.70. The number of carbonyl (C=O) groups is 2. The highest BCUT2D eigenvalue weighted by atomic mass is 19.1. The number of halogens is 1. The first-order chi connectivity index (χ1) is 11.3. The molecule has 6 nitrogen and oxygen atoms in total. The van der Waals surface area contributed by atoms with Crippen LogP contribution in [-0.4, -0.2) is 23.0 Å². The third kappa shape index (κ3) is 4.91. The SMILES string of the molecule is Cc1cc(NC(=O)[C@@H](CC(C)C)NC(=O)c2ccc(F)cc2)no1. The van der Waals surface area contributed by atoms with Gasteiger partial charge in [0.1, 0.15) is 17.6 Å². The third-order valence-corrected chi connectivity index (χ3v) is 3.31. The molecule has 0 fully saturated rings. The lowest BCUT2D eigenvalue weighted by Crippen LogP contribution is -2.44. The highest BCUT2D eigenvalue weighted by molar-refractivity contribution is 6.00. The number of anilines is 1. The van der Waals surface area contributed by atoms with Crippen molar-refractivity contribution >= 4 is 17.6 Å². The van der Waals surface area contributed by atoms with Crippen LogP contribution >= 0.6 is 0 Å². The molecule has 1 aromatic carbocycles. The van der Waals surface area contributed by atoms with Crippen LogP contribution in [0.2, 0.25) is 0 Å². The van der Waals surface area contributed by atoms with Crippen molar-refractivity contribution < 1.29 is 18.5 Å². The van der Waals surface area contributed by atoms with E-state index in [0.717, 1.165) is 0 Å². The molecule has 0 bridgehead atoms. The van der Waals surface area contributed by atoms with Crippen LogP contribution in [0.25, 0.3) is 0 Å². The number of hydrogen-bond acceptors (Lipinski definition) is 4. The van der Waals surface area contributed by atoms with Gasteiger partial charge in [0, 0.05) is 11.6 Å². The summed E-state index contributed by atoms with van der Waals surface area (Å²) in [5, 5.41) is 9.00. The Labute approximate surface area is 139 Å². The zero-order chi connectivity index (χ0) is 17.7. The number of carbonyl (C=O) groups excluding carboxylic acids is 2. The standard InChI is InChI=1S/C17H20FN3O3/c1-10(2)8-14(17(23)20-15-9-11(3)24-21-15)19-16(22)12-4-6-13(18)7-5-12/h4-7,9-10,14H,8H2,1-3H3,(H,19,22)(H,20,21,23)/t14-/m1/s1. The van der Waals surface area contributed by atoms with Crippen LogP contribution in [0.5, 0.6) is 0 Å². The van der Waals surface area contributed by atoms with Crippen molar-refractivity contribution in [3.63, 3.8) is 0 Å². The predicted molar refractivity (Wildman–Crippen MR) is 87.0 cm³/mol. The Morgan fingerprint density at radius 1 is 1.25 bits per heavy atom. The lowest BCUT2D eigenvalue weighted by molar-refractivity contribution is -0.118. The number of aryl methyl sites for hydroxylation is 1. The molecule has 0 aliphatic carbocycles. The normalized spacial score (nSPS) is 12.0. The van der Waals surface area contributed by atoms with Crippen molar-refractivity contribution in [2.75, 3.05) is 5.32 Å². The molecule has 1 heterocycles. The summed E-state index contributed by atoms with van der Waals surface area (Å²) in [4.78, 5) is 24.7. The van der Waals surface area contributed by atoms with E-state index in [4.69, 9.17) is 4.52 Å². The molecule has 0 radical (unpaired) electrons. The lowest BCUT2D eigenvalue weighted by atomic mass is 10.0. The first-order valence-electron chi connectivity index (χ1n) is 7.65. The Bertz CT molecular complexity index is 710. The van der Waals surface area contributed by atoms with E-state index >= 15 is 0 Å². The van der Waals surface area contributed by atoms with Gasteiger partial charge in [0.25, 0.3) is 5.91 Å². The van der Waals surface area contributed by atoms with Gasteiger partial charge in [-0.25, -0.2) is 4.39 Å². The van der Waals surface area contributed by atoms with Crippen molar-refractivity contribution in [3.05, 3.63) is 47.5 Å². The molecule has 2 N–H and O–H groups in total. The zero-order valence-corrected chi connectivity index (χ0v) is 13.8. The van der Waals surface area contributed by atoms with E-state index < -0.39 is 17.8 Å². The summed E-state index contributed by atoms with van der Waals surface area (Å²) in [6.45, 7) is 5.61. The van der Waals surface area contributed by atoms with E-state index in [2.05, 4.69) is 15.8 Å². The Morgan fingerprint density at radius 3 is 2.46 bits per heavy atom. The van der Waals surface area contributed by atoms with Gasteiger partial charge in [0.15, 0.2) is 5.82 Å². The molecule has 7 heteroatoms. The van der Waals surface area contributed by atoms with Gasteiger partial charge in [0.05, 0.1) is 0 Å². The Kier molecular flexibility index (Phi) is 5.68. The van der Waals surface area contributed by atoms with Crippen LogP contribution < -0.4 is 10.6 Å². The summed E-state index contributed by atoms with van der Waals surface area (Å²) in [5.41, 5.74) is 0.287. The lowest BCUT2D eigenvalue weighted by Gasteiger charge is -2.19. The summed E-state index contributed by atoms with van der Waals surface area (Å²) >= 11 is 0. The maximum absolute atomic E-state index is 12.9. The molecule has 2 rings (SSSR count). The van der Waals surface area contributed by atoms with Gasteiger partial charge in [0.2, 0.25) is 5.91 Å². The molecule has 24 heavy (non-hydrogen) atoms. The Morgan fingerprint density at radius 2 is 1.92 bits per heavy atom. The van der Waals surface area contributed by atoms with Crippen LogP contribution in [0.1, 0.15) is 36.4 Å². The summed E-state index contributed by atoms with van der Waals surface area (Å²) in [6.07, 6.45) is 0.454. The van der Waals surface area contributed by atoms with Crippen molar-refractivity contribution in [2.24, 2.45) is 5.92 Å². The van der Waals surface area contributed by atoms with E-state index in [9.17, 15) is 14.0 Å². The first kappa shape index (κ1) is 17.7. The minimum atomic E-state index is -0.737. The van der Waals surface area contributed by atoms with Crippen LogP contribution in [0.3, 0.4) is 0 Å². The van der Waals surface area contributed by atoms with Crippen LogP contribution in [0.15, 0.2) is 34.9 Å². The number of benzene rings is 1. The van der Waals surface area contributed by atoms with Gasteiger partial charge in [-0.05, 0) is 43.5 Å². The second kappa shape index (κ2) is 7.72. The number of hydrogen-bond donors (Lipinski definition) is 2. The topological polar surface area (TPSA) is 84.2 Å². The number of nitrogens with zero attached hydrogens (tertiary/aromatic N) is 1. The highest BCUT2D eigenvalue weighted by Gasteiger charge is 2.23. The molecule has 0 saturated carbocycles. The molecule has 0 aliphatic heterocycles. The smallest absolute Gasteiger partial charge is 0.251 e. The predicted octanol–water partition coefficient (Wildman–Crippen LogP) is 2.91. The monoisotopic (exact) mass is 333 g/mol. The van der Waals surface area contributed by atoms with E-state index in [-0.39, 0.29) is 17.4 Å². The van der Waals surface area contributed by atoms with Crippen molar-refractivity contribution in [2.45, 2.75) is 33.2 Å². The maximum Gasteiger partial charge on any atom is 0.251 e. The van der Waals surface area contributed by atoms with Gasteiger partial charge in [-0.3, -0.25) is 9.59 Å². The first-order valence-corrected chi connectivity index (χ1v) is 7.65. The molecule has 1 aromatic heterocycles. The quantitative estimate of drug-likeness (QED) is 0.851. The third-order valence-electron chi connectivity index (χ3n) is 3.31. The summed E-state index contributed by atoms with van der Waals surface area (Å²) in [5.74, 6) is -0.194. The summed E-state index contributed by atoms with van der Waals surface area (Å²) in [6, 6.07) is 5.99. The Balaban J connectivity index is 2.07. The molecule has 0 saturated heterocycles. The van der Waals surface area contributed by atoms with Gasteiger partial charge < -0.3 is 15.2 Å². The fourth-order valence-corrected chi connectivity index (χ4v) is 2.18. The number of nitrogens with one attached hydrogen (secondary N) is 2. The van der Waals surface area contributed by atoms with Crippen LogP contribution in [-0.2, 0) is 4.79 Å². The fourth-order valence-electron chi connectivity index (χ4n) is 2.18. The minimum absolute atomic E-state index is 0.188. The van der Waals surface area contributed by atoms with Gasteiger partial charge in [-0.15, -0.1) is 0 Å². The minimum Gasteiger partial charge on any atom is -0.360 e. The number of aromatic nitrogens is 1. The molecule has 2 aromatic rings. The average molecular weight is 333 g/mol. The molecule has 1 atom stereocenters. The maximum atomic E-state index is 12.9. The van der Waals surface area contributed by atoms with Crippen molar-refractivity contribution in [3.8, 4) is 0 Å². The van der Waals surface area contributed by atoms with Gasteiger partial charge >= 0.3 is 0 Å². The van der Waals surface area contributed by atoms with Crippen LogP contribution in [0.4, 0.5) is 10.2 Å².